The smallest absolute Gasteiger partial charge is 0.328 e. The van der Waals surface area contributed by atoms with Gasteiger partial charge in [-0.1, -0.05) is 48.5 Å². The molecule has 0 aliphatic heterocycles. The SMILES string of the molecule is O=C(O)[C@H](Cc1ccc(O)cc1)N=C/C=C/c1ccccc1. The fourth-order valence-electron chi connectivity index (χ4n) is 1.93. The number of carboxylic acids is 1. The van der Waals surface area contributed by atoms with Gasteiger partial charge in [0.15, 0.2) is 6.04 Å². The van der Waals surface area contributed by atoms with Gasteiger partial charge < -0.3 is 10.2 Å². The van der Waals surface area contributed by atoms with E-state index >= 15 is 0 Å². The predicted octanol–water partition coefficient (Wildman–Crippen LogP) is 3.17. The molecule has 0 radical (unpaired) electrons. The van der Waals surface area contributed by atoms with E-state index < -0.39 is 12.0 Å². The van der Waals surface area contributed by atoms with Gasteiger partial charge in [-0.25, -0.2) is 4.79 Å². The predicted molar refractivity (Wildman–Crippen MR) is 87.2 cm³/mol. The topological polar surface area (TPSA) is 69.9 Å². The Balaban J connectivity index is 1.99. The normalized spacial score (nSPS) is 12.7. The molecule has 0 fully saturated rings. The van der Waals surface area contributed by atoms with Gasteiger partial charge in [-0.2, -0.15) is 0 Å². The summed E-state index contributed by atoms with van der Waals surface area (Å²) in [4.78, 5) is 15.3. The van der Waals surface area contributed by atoms with Crippen LogP contribution in [-0.4, -0.2) is 28.4 Å². The number of aliphatic carboxylic acids is 1. The van der Waals surface area contributed by atoms with E-state index in [-0.39, 0.29) is 12.2 Å². The van der Waals surface area contributed by atoms with Gasteiger partial charge in [0.1, 0.15) is 5.75 Å². The molecule has 112 valence electrons. The maximum Gasteiger partial charge on any atom is 0.328 e. The van der Waals surface area contributed by atoms with Crippen molar-refractivity contribution < 1.29 is 15.0 Å². The zero-order valence-corrected chi connectivity index (χ0v) is 12.0. The Morgan fingerprint density at radius 3 is 2.41 bits per heavy atom. The van der Waals surface area contributed by atoms with Crippen LogP contribution in [0.5, 0.6) is 5.75 Å². The second-order valence-electron chi connectivity index (χ2n) is 4.79. The highest BCUT2D eigenvalue weighted by atomic mass is 16.4. The number of phenolic OH excluding ortho intramolecular Hbond substituents is 1. The number of nitrogens with zero attached hydrogens (tertiary/aromatic N) is 1. The molecular formula is C18H17NO3. The molecule has 0 aliphatic carbocycles. The van der Waals surface area contributed by atoms with Crippen molar-refractivity contribution in [3.8, 4) is 5.75 Å². The number of hydrogen-bond acceptors (Lipinski definition) is 3. The monoisotopic (exact) mass is 295 g/mol. The second kappa shape index (κ2) is 7.78. The van der Waals surface area contributed by atoms with E-state index in [4.69, 9.17) is 0 Å². The van der Waals surface area contributed by atoms with Crippen LogP contribution in [0.1, 0.15) is 11.1 Å². The van der Waals surface area contributed by atoms with Crippen molar-refractivity contribution in [2.45, 2.75) is 12.5 Å². The van der Waals surface area contributed by atoms with Crippen molar-refractivity contribution in [2.24, 2.45) is 4.99 Å². The first-order valence-electron chi connectivity index (χ1n) is 6.91. The van der Waals surface area contributed by atoms with E-state index in [2.05, 4.69) is 4.99 Å². The first kappa shape index (κ1) is 15.5. The molecule has 0 aliphatic rings. The highest BCUT2D eigenvalue weighted by Crippen LogP contribution is 2.12. The second-order valence-corrected chi connectivity index (χ2v) is 4.79. The molecule has 2 rings (SSSR count). The van der Waals surface area contributed by atoms with Gasteiger partial charge in [0.25, 0.3) is 0 Å². The molecule has 2 aromatic rings. The molecule has 2 aromatic carbocycles. The zero-order chi connectivity index (χ0) is 15.8. The summed E-state index contributed by atoms with van der Waals surface area (Å²) >= 11 is 0. The van der Waals surface area contributed by atoms with Crippen LogP contribution in [0.25, 0.3) is 6.08 Å². The Hall–Kier alpha value is -2.88. The minimum atomic E-state index is -0.975. The highest BCUT2D eigenvalue weighted by Gasteiger charge is 2.15. The van der Waals surface area contributed by atoms with Crippen molar-refractivity contribution in [1.29, 1.82) is 0 Å². The molecule has 0 aromatic heterocycles. The molecule has 0 saturated heterocycles. The average molecular weight is 295 g/mol. The van der Waals surface area contributed by atoms with Crippen LogP contribution >= 0.6 is 0 Å². The van der Waals surface area contributed by atoms with Crippen LogP contribution in [0.4, 0.5) is 0 Å². The number of hydrogen-bond donors (Lipinski definition) is 2. The Kier molecular flexibility index (Phi) is 5.49. The molecule has 0 amide bonds. The van der Waals surface area contributed by atoms with Gasteiger partial charge in [0, 0.05) is 12.6 Å². The number of carboxylic acid groups (broad SMARTS) is 1. The molecule has 22 heavy (non-hydrogen) atoms. The van der Waals surface area contributed by atoms with Gasteiger partial charge in [0.2, 0.25) is 0 Å². The molecule has 0 bridgehead atoms. The van der Waals surface area contributed by atoms with Crippen LogP contribution in [0.15, 0.2) is 65.7 Å². The van der Waals surface area contributed by atoms with Gasteiger partial charge in [0.05, 0.1) is 0 Å². The maximum absolute atomic E-state index is 11.2. The lowest BCUT2D eigenvalue weighted by Gasteiger charge is -2.07. The molecule has 0 heterocycles. The maximum atomic E-state index is 11.2. The lowest BCUT2D eigenvalue weighted by molar-refractivity contribution is -0.138. The lowest BCUT2D eigenvalue weighted by Crippen LogP contribution is -2.20. The first-order chi connectivity index (χ1) is 10.6. The van der Waals surface area contributed by atoms with Gasteiger partial charge in [-0.3, -0.25) is 4.99 Å². The van der Waals surface area contributed by atoms with E-state index in [1.165, 1.54) is 18.3 Å². The van der Waals surface area contributed by atoms with Gasteiger partial charge >= 0.3 is 5.97 Å². The molecule has 4 nitrogen and oxygen atoms in total. The summed E-state index contributed by atoms with van der Waals surface area (Å²) in [7, 11) is 0. The summed E-state index contributed by atoms with van der Waals surface area (Å²) < 4.78 is 0. The largest absolute Gasteiger partial charge is 0.508 e. The van der Waals surface area contributed by atoms with Crippen molar-refractivity contribution in [1.82, 2.24) is 0 Å². The lowest BCUT2D eigenvalue weighted by atomic mass is 10.1. The fourth-order valence-corrected chi connectivity index (χ4v) is 1.93. The van der Waals surface area contributed by atoms with Crippen LogP contribution in [0, 0.1) is 0 Å². The minimum Gasteiger partial charge on any atom is -0.508 e. The Morgan fingerprint density at radius 1 is 1.09 bits per heavy atom. The number of aromatic hydroxyl groups is 1. The Labute approximate surface area is 129 Å². The number of carbonyl (C=O) groups is 1. The summed E-state index contributed by atoms with van der Waals surface area (Å²) in [6, 6.07) is 15.3. The summed E-state index contributed by atoms with van der Waals surface area (Å²) in [6.45, 7) is 0. The third-order valence-electron chi connectivity index (χ3n) is 3.09. The molecule has 2 N–H and O–H groups in total. The number of rotatable bonds is 6. The van der Waals surface area contributed by atoms with Crippen molar-refractivity contribution in [3.05, 3.63) is 71.8 Å². The van der Waals surface area contributed by atoms with Crippen LogP contribution in [-0.2, 0) is 11.2 Å². The number of benzene rings is 2. The number of allylic oxidation sites excluding steroid dienone is 1. The average Bonchev–Trinajstić information content (AvgIpc) is 2.53. The Morgan fingerprint density at radius 2 is 1.77 bits per heavy atom. The van der Waals surface area contributed by atoms with Crippen LogP contribution in [0.3, 0.4) is 0 Å². The van der Waals surface area contributed by atoms with Crippen LogP contribution < -0.4 is 0 Å². The zero-order valence-electron chi connectivity index (χ0n) is 12.0. The third kappa shape index (κ3) is 4.90. The molecule has 0 saturated carbocycles. The van der Waals surface area contributed by atoms with E-state index in [9.17, 15) is 15.0 Å². The molecule has 0 unspecified atom stereocenters. The summed E-state index contributed by atoms with van der Waals surface area (Å²) in [5.74, 6) is -0.817. The van der Waals surface area contributed by atoms with Gasteiger partial charge in [-0.05, 0) is 29.3 Å². The van der Waals surface area contributed by atoms with Crippen molar-refractivity contribution in [3.63, 3.8) is 0 Å². The molecule has 4 heteroatoms. The number of aliphatic imine (C=N–C) groups is 1. The van der Waals surface area contributed by atoms with E-state index in [0.29, 0.717) is 0 Å². The first-order valence-corrected chi connectivity index (χ1v) is 6.91. The molecule has 0 spiro atoms. The van der Waals surface area contributed by atoms with E-state index in [0.717, 1.165) is 11.1 Å². The Bertz CT molecular complexity index is 660. The highest BCUT2D eigenvalue weighted by molar-refractivity contribution is 5.82. The van der Waals surface area contributed by atoms with Crippen LogP contribution in [0.2, 0.25) is 0 Å². The standard InChI is InChI=1S/C18H17NO3/c20-16-10-8-15(9-11-16)13-17(18(21)22)19-12-4-7-14-5-2-1-3-6-14/h1-12,17,20H,13H2,(H,21,22)/b7-4+,19-12?/t17-/m0/s1. The van der Waals surface area contributed by atoms with E-state index in [1.807, 2.05) is 36.4 Å². The number of phenols is 1. The summed E-state index contributed by atoms with van der Waals surface area (Å²) in [5, 5.41) is 18.4. The van der Waals surface area contributed by atoms with Crippen molar-refractivity contribution >= 4 is 18.3 Å². The molecular weight excluding hydrogens is 278 g/mol. The molecule has 1 atom stereocenters. The van der Waals surface area contributed by atoms with Crippen molar-refractivity contribution in [2.75, 3.05) is 0 Å². The summed E-state index contributed by atoms with van der Waals surface area (Å²) in [6.07, 6.45) is 5.38. The summed E-state index contributed by atoms with van der Waals surface area (Å²) in [5.41, 5.74) is 1.84. The third-order valence-corrected chi connectivity index (χ3v) is 3.09. The fraction of sp³-hybridized carbons (Fsp3) is 0.111. The van der Waals surface area contributed by atoms with Gasteiger partial charge in [-0.15, -0.1) is 0 Å². The van der Waals surface area contributed by atoms with E-state index in [1.54, 1.807) is 18.2 Å². The quantitative estimate of drug-likeness (QED) is 0.804. The minimum absolute atomic E-state index is 0.157.